The lowest BCUT2D eigenvalue weighted by molar-refractivity contribution is -0.870. The molecule has 0 aromatic carbocycles. The van der Waals surface area contributed by atoms with Crippen molar-refractivity contribution >= 4 is 19.8 Å². The number of ether oxygens (including phenoxy) is 2. The first kappa shape index (κ1) is 84.2. The Kier molecular flexibility index (Phi) is 64.6. The Labute approximate surface area is 542 Å². The first-order valence-corrected chi connectivity index (χ1v) is 37.4. The smallest absolute Gasteiger partial charge is 0.306 e. The van der Waals surface area contributed by atoms with Crippen molar-refractivity contribution in [2.75, 3.05) is 47.5 Å². The molecule has 0 heterocycles. The summed E-state index contributed by atoms with van der Waals surface area (Å²) < 4.78 is 34.3. The number of carbonyl (C=O) groups is 2. The van der Waals surface area contributed by atoms with E-state index in [2.05, 4.69) is 148 Å². The third kappa shape index (κ3) is 71.2. The van der Waals surface area contributed by atoms with Crippen molar-refractivity contribution in [3.05, 3.63) is 134 Å². The number of hydrogen-bond donors (Lipinski definition) is 0. The number of rotatable bonds is 65. The third-order valence-electron chi connectivity index (χ3n) is 15.2. The second kappa shape index (κ2) is 67.5. The Morgan fingerprint density at radius 2 is 0.648 bits per heavy atom. The van der Waals surface area contributed by atoms with Gasteiger partial charge in [-0.15, -0.1) is 0 Å². The number of hydrogen-bond acceptors (Lipinski definition) is 8. The van der Waals surface area contributed by atoms with Crippen molar-refractivity contribution in [2.45, 2.75) is 302 Å². The average molecular weight is 1240 g/mol. The van der Waals surface area contributed by atoms with Gasteiger partial charge in [-0.25, -0.2) is 0 Å². The number of allylic oxidation sites excluding steroid dienone is 22. The van der Waals surface area contributed by atoms with Crippen LogP contribution in [0.4, 0.5) is 0 Å². The molecule has 0 bridgehead atoms. The second-order valence-electron chi connectivity index (χ2n) is 24.9. The summed E-state index contributed by atoms with van der Waals surface area (Å²) in [6, 6.07) is 0. The van der Waals surface area contributed by atoms with Gasteiger partial charge in [-0.2, -0.15) is 0 Å². The van der Waals surface area contributed by atoms with Gasteiger partial charge in [0.05, 0.1) is 27.7 Å². The van der Waals surface area contributed by atoms with Gasteiger partial charge in [0.15, 0.2) is 6.10 Å². The van der Waals surface area contributed by atoms with Crippen LogP contribution in [0.2, 0.25) is 0 Å². The number of phosphoric ester groups is 1. The van der Waals surface area contributed by atoms with Crippen molar-refractivity contribution in [1.82, 2.24) is 0 Å². The molecule has 0 radical (unpaired) electrons. The van der Waals surface area contributed by atoms with E-state index in [1.54, 1.807) is 0 Å². The van der Waals surface area contributed by atoms with Gasteiger partial charge in [-0.05, 0) is 116 Å². The highest BCUT2D eigenvalue weighted by atomic mass is 31.2. The summed E-state index contributed by atoms with van der Waals surface area (Å²) >= 11 is 0. The van der Waals surface area contributed by atoms with Crippen LogP contribution in [0.1, 0.15) is 296 Å². The van der Waals surface area contributed by atoms with Crippen molar-refractivity contribution < 1.29 is 42.1 Å². The zero-order valence-electron chi connectivity index (χ0n) is 57.4. The Balaban J connectivity index is 4.14. The molecule has 0 aliphatic heterocycles. The summed E-state index contributed by atoms with van der Waals surface area (Å²) in [6.45, 7) is 4.11. The lowest BCUT2D eigenvalue weighted by Crippen LogP contribution is -2.37. The number of unbranched alkanes of at least 4 members (excludes halogenated alkanes) is 29. The molecule has 0 aromatic rings. The molecule has 0 amide bonds. The molecule has 0 N–H and O–H groups in total. The molecule has 504 valence electrons. The molecule has 0 rings (SSSR count). The van der Waals surface area contributed by atoms with Crippen LogP contribution in [0, 0.1) is 0 Å². The molecule has 0 fully saturated rings. The van der Waals surface area contributed by atoms with Crippen LogP contribution in [0.5, 0.6) is 0 Å². The van der Waals surface area contributed by atoms with E-state index in [1.807, 2.05) is 21.1 Å². The van der Waals surface area contributed by atoms with Crippen LogP contribution in [0.3, 0.4) is 0 Å². The van der Waals surface area contributed by atoms with Crippen LogP contribution in [0.15, 0.2) is 134 Å². The molecule has 88 heavy (non-hydrogen) atoms. The van der Waals surface area contributed by atoms with Crippen molar-refractivity contribution in [3.8, 4) is 0 Å². The normalized spacial score (nSPS) is 13.9. The zero-order chi connectivity index (χ0) is 64.1. The van der Waals surface area contributed by atoms with Crippen LogP contribution < -0.4 is 4.89 Å². The Morgan fingerprint density at radius 3 is 0.977 bits per heavy atom. The van der Waals surface area contributed by atoms with E-state index in [9.17, 15) is 19.0 Å². The summed E-state index contributed by atoms with van der Waals surface area (Å²) in [4.78, 5) is 38.1. The quantitative estimate of drug-likeness (QED) is 0.0195. The van der Waals surface area contributed by atoms with Crippen LogP contribution in [-0.4, -0.2) is 70.0 Å². The minimum Gasteiger partial charge on any atom is -0.756 e. The molecule has 9 nitrogen and oxygen atoms in total. The fourth-order valence-corrected chi connectivity index (χ4v) is 10.4. The molecule has 0 spiro atoms. The van der Waals surface area contributed by atoms with Gasteiger partial charge in [0.1, 0.15) is 19.8 Å². The Hall–Kier alpha value is -3.85. The van der Waals surface area contributed by atoms with Crippen LogP contribution >= 0.6 is 7.82 Å². The number of esters is 2. The maximum absolute atomic E-state index is 12.9. The maximum atomic E-state index is 12.9. The minimum absolute atomic E-state index is 0.0420. The number of phosphoric acid groups is 1. The van der Waals surface area contributed by atoms with E-state index >= 15 is 0 Å². The standard InChI is InChI=1S/C78H134NO8P/c1-6-8-10-12-14-16-18-20-22-24-26-28-30-32-34-36-37-38-39-40-41-43-45-47-49-51-53-55-57-59-61-63-65-67-69-71-78(81)87-76(75-86-88(82,83)85-73-72-79(3,4)5)74-84-77(80)70-68-66-64-62-60-58-56-54-52-50-48-46-44-42-35-33-31-29-27-25-23-21-19-17-15-13-11-9-7-2/h8,10,14,16,20,22,25-28,32,34,37-38,40-41,45,47,51,53,57,59,76H,6-7,9,11-13,15,17-19,21,23-24,29-31,33,35-36,39,42-44,46,48-50,52,54-56,58,60-75H2,1-5H3/b10-8-,16-14-,22-20-,27-25-,28-26-,34-32-,38-37-,41-40-,47-45-,53-51-,59-57-. The summed E-state index contributed by atoms with van der Waals surface area (Å²) in [5.41, 5.74) is 0. The first-order chi connectivity index (χ1) is 43.0. The number of carbonyl (C=O) groups excluding carboxylic acids is 2. The maximum Gasteiger partial charge on any atom is 0.306 e. The van der Waals surface area contributed by atoms with Gasteiger partial charge in [0.2, 0.25) is 0 Å². The van der Waals surface area contributed by atoms with E-state index in [1.165, 1.54) is 154 Å². The van der Waals surface area contributed by atoms with Gasteiger partial charge in [-0.1, -0.05) is 302 Å². The lowest BCUT2D eigenvalue weighted by Gasteiger charge is -2.28. The topological polar surface area (TPSA) is 111 Å². The Bertz CT molecular complexity index is 1950. The van der Waals surface area contributed by atoms with Crippen LogP contribution in [-0.2, 0) is 32.7 Å². The van der Waals surface area contributed by atoms with E-state index in [0.717, 1.165) is 109 Å². The minimum atomic E-state index is -4.66. The fourth-order valence-electron chi connectivity index (χ4n) is 9.68. The molecule has 0 aliphatic carbocycles. The average Bonchev–Trinajstić information content (AvgIpc) is 3.57. The molecular formula is C78H134NO8P. The molecule has 2 atom stereocenters. The number of quaternary nitrogens is 1. The predicted molar refractivity (Wildman–Crippen MR) is 378 cm³/mol. The largest absolute Gasteiger partial charge is 0.756 e. The van der Waals surface area contributed by atoms with E-state index < -0.39 is 32.5 Å². The van der Waals surface area contributed by atoms with Crippen LogP contribution in [0.25, 0.3) is 0 Å². The lowest BCUT2D eigenvalue weighted by atomic mass is 10.0. The van der Waals surface area contributed by atoms with Gasteiger partial charge >= 0.3 is 11.9 Å². The second-order valence-corrected chi connectivity index (χ2v) is 26.3. The van der Waals surface area contributed by atoms with Crippen molar-refractivity contribution in [3.63, 3.8) is 0 Å². The summed E-state index contributed by atoms with van der Waals surface area (Å²) in [6.07, 6.45) is 98.2. The summed E-state index contributed by atoms with van der Waals surface area (Å²) in [5, 5.41) is 0. The highest BCUT2D eigenvalue weighted by Crippen LogP contribution is 2.38. The molecule has 0 aliphatic rings. The molecule has 2 unspecified atom stereocenters. The van der Waals surface area contributed by atoms with Gasteiger partial charge < -0.3 is 27.9 Å². The number of likely N-dealkylation sites (N-methyl/N-ethyl adjacent to an activating group) is 1. The van der Waals surface area contributed by atoms with E-state index in [4.69, 9.17) is 18.5 Å². The predicted octanol–water partition coefficient (Wildman–Crippen LogP) is 23.0. The summed E-state index contributed by atoms with van der Waals surface area (Å²) in [5.74, 6) is -0.862. The van der Waals surface area contributed by atoms with Crippen molar-refractivity contribution in [2.24, 2.45) is 0 Å². The van der Waals surface area contributed by atoms with Gasteiger partial charge in [-0.3, -0.25) is 14.2 Å². The molecule has 0 saturated heterocycles. The SMILES string of the molecule is CC/C=C\C/C=C\C/C=C\C/C=C\C/C=C\C/C=C\C/C=C\C/C=C\C/C=C\C/C=C\CCCCCCC(=O)OC(COC(=O)CCCCCCCCCCCCCCCCCCC/C=C\CCCCCCCCCC)COP(=O)([O-])OCC[N+](C)(C)C. The highest BCUT2D eigenvalue weighted by molar-refractivity contribution is 7.45. The number of nitrogens with zero attached hydrogens (tertiary/aromatic N) is 1. The first-order valence-electron chi connectivity index (χ1n) is 35.9. The summed E-state index contributed by atoms with van der Waals surface area (Å²) in [7, 11) is 1.14. The Morgan fingerprint density at radius 1 is 0.364 bits per heavy atom. The van der Waals surface area contributed by atoms with Gasteiger partial charge in [0, 0.05) is 12.8 Å². The van der Waals surface area contributed by atoms with E-state index in [0.29, 0.717) is 17.4 Å². The molecular weight excluding hydrogens is 1110 g/mol. The molecule has 0 aromatic heterocycles. The highest BCUT2D eigenvalue weighted by Gasteiger charge is 2.22. The fraction of sp³-hybridized carbons (Fsp3) is 0.692. The third-order valence-corrected chi connectivity index (χ3v) is 16.1. The monoisotopic (exact) mass is 1240 g/mol. The zero-order valence-corrected chi connectivity index (χ0v) is 58.3. The van der Waals surface area contributed by atoms with Crippen molar-refractivity contribution in [1.29, 1.82) is 0 Å². The molecule has 0 saturated carbocycles. The molecule has 10 heteroatoms. The van der Waals surface area contributed by atoms with E-state index in [-0.39, 0.29) is 26.1 Å². The van der Waals surface area contributed by atoms with Gasteiger partial charge in [0.25, 0.3) is 7.82 Å².